The SMILES string of the molecule is CC1(C(=O)c2cc3c(cc2Br)NC(=O)CO3)CCCC1. The van der Waals surface area contributed by atoms with Crippen molar-refractivity contribution in [1.82, 2.24) is 0 Å². The lowest BCUT2D eigenvalue weighted by Gasteiger charge is -2.24. The Morgan fingerprint density at radius 2 is 2.05 bits per heavy atom. The number of ketones is 1. The number of hydrogen-bond donors (Lipinski definition) is 1. The topological polar surface area (TPSA) is 55.4 Å². The molecule has 5 heteroatoms. The van der Waals surface area contributed by atoms with E-state index in [9.17, 15) is 9.59 Å². The second kappa shape index (κ2) is 4.88. The van der Waals surface area contributed by atoms with Crippen LogP contribution in [0.1, 0.15) is 43.0 Å². The summed E-state index contributed by atoms with van der Waals surface area (Å²) in [5, 5.41) is 2.74. The molecule has 0 aromatic heterocycles. The first-order chi connectivity index (χ1) is 9.49. The van der Waals surface area contributed by atoms with E-state index in [1.807, 2.05) is 6.92 Å². The lowest BCUT2D eigenvalue weighted by molar-refractivity contribution is -0.118. The van der Waals surface area contributed by atoms with Crippen molar-refractivity contribution >= 4 is 33.3 Å². The van der Waals surface area contributed by atoms with Crippen molar-refractivity contribution in [2.75, 3.05) is 11.9 Å². The molecule has 106 valence electrons. The third kappa shape index (κ3) is 2.24. The normalized spacial score (nSPS) is 20.0. The fourth-order valence-electron chi connectivity index (χ4n) is 2.98. The molecule has 20 heavy (non-hydrogen) atoms. The molecule has 0 spiro atoms. The number of Topliss-reactive ketones (excluding diaryl/α,β-unsaturated/α-hetero) is 1. The van der Waals surface area contributed by atoms with Gasteiger partial charge in [0.05, 0.1) is 5.69 Å². The predicted molar refractivity (Wildman–Crippen MR) is 79.2 cm³/mol. The van der Waals surface area contributed by atoms with Crippen LogP contribution in [0.5, 0.6) is 5.75 Å². The van der Waals surface area contributed by atoms with Gasteiger partial charge in [0.15, 0.2) is 12.4 Å². The number of fused-ring (bicyclic) bond motifs is 1. The first-order valence-electron chi connectivity index (χ1n) is 6.81. The summed E-state index contributed by atoms with van der Waals surface area (Å²) in [5.74, 6) is 0.550. The van der Waals surface area contributed by atoms with E-state index < -0.39 is 0 Å². The van der Waals surface area contributed by atoms with Crippen molar-refractivity contribution in [3.63, 3.8) is 0 Å². The molecule has 0 bridgehead atoms. The lowest BCUT2D eigenvalue weighted by Crippen LogP contribution is -2.27. The van der Waals surface area contributed by atoms with Crippen LogP contribution in [0.4, 0.5) is 5.69 Å². The van der Waals surface area contributed by atoms with Crippen molar-refractivity contribution in [3.8, 4) is 5.75 Å². The number of carbonyl (C=O) groups excluding carboxylic acids is 2. The Balaban J connectivity index is 1.98. The zero-order chi connectivity index (χ0) is 14.3. The summed E-state index contributed by atoms with van der Waals surface area (Å²) in [7, 11) is 0. The molecule has 0 radical (unpaired) electrons. The molecule has 1 aromatic carbocycles. The number of carbonyl (C=O) groups is 2. The number of hydrogen-bond acceptors (Lipinski definition) is 3. The Morgan fingerprint density at radius 3 is 2.75 bits per heavy atom. The second-order valence-electron chi connectivity index (χ2n) is 5.76. The molecule has 1 amide bonds. The zero-order valence-corrected chi connectivity index (χ0v) is 12.9. The Morgan fingerprint density at radius 1 is 1.35 bits per heavy atom. The molecule has 0 saturated heterocycles. The zero-order valence-electron chi connectivity index (χ0n) is 11.3. The number of anilines is 1. The van der Waals surface area contributed by atoms with E-state index in [1.54, 1.807) is 12.1 Å². The molecule has 1 heterocycles. The van der Waals surface area contributed by atoms with Gasteiger partial charge in [0, 0.05) is 15.5 Å². The van der Waals surface area contributed by atoms with Crippen LogP contribution in [-0.2, 0) is 4.79 Å². The third-order valence-electron chi connectivity index (χ3n) is 4.20. The predicted octanol–water partition coefficient (Wildman–Crippen LogP) is 3.54. The van der Waals surface area contributed by atoms with Gasteiger partial charge in [-0.05, 0) is 40.9 Å². The minimum atomic E-state index is -0.269. The first kappa shape index (κ1) is 13.6. The third-order valence-corrected chi connectivity index (χ3v) is 4.86. The lowest BCUT2D eigenvalue weighted by atomic mass is 9.81. The summed E-state index contributed by atoms with van der Waals surface area (Å²) in [6, 6.07) is 3.49. The van der Waals surface area contributed by atoms with Crippen molar-refractivity contribution in [3.05, 3.63) is 22.2 Å². The molecule has 4 nitrogen and oxygen atoms in total. The van der Waals surface area contributed by atoms with Crippen molar-refractivity contribution < 1.29 is 14.3 Å². The molecule has 2 aliphatic rings. The highest BCUT2D eigenvalue weighted by atomic mass is 79.9. The Hall–Kier alpha value is -1.36. The van der Waals surface area contributed by atoms with Crippen LogP contribution in [0.2, 0.25) is 0 Å². The molecule has 0 atom stereocenters. The summed E-state index contributed by atoms with van der Waals surface area (Å²) < 4.78 is 6.10. The molecule has 3 rings (SSSR count). The number of benzene rings is 1. The van der Waals surface area contributed by atoms with Crippen LogP contribution >= 0.6 is 15.9 Å². The van der Waals surface area contributed by atoms with Gasteiger partial charge in [-0.2, -0.15) is 0 Å². The van der Waals surface area contributed by atoms with Gasteiger partial charge in [0.2, 0.25) is 0 Å². The first-order valence-corrected chi connectivity index (χ1v) is 7.60. The molecule has 1 aromatic rings. The number of amides is 1. The van der Waals surface area contributed by atoms with Crippen LogP contribution in [0.25, 0.3) is 0 Å². The van der Waals surface area contributed by atoms with E-state index >= 15 is 0 Å². The maximum absolute atomic E-state index is 12.8. The number of halogens is 1. The van der Waals surface area contributed by atoms with Gasteiger partial charge in [-0.3, -0.25) is 9.59 Å². The number of nitrogens with one attached hydrogen (secondary N) is 1. The maximum atomic E-state index is 12.8. The van der Waals surface area contributed by atoms with E-state index in [-0.39, 0.29) is 23.7 Å². The van der Waals surface area contributed by atoms with E-state index in [1.165, 1.54) is 0 Å². The fourth-order valence-corrected chi connectivity index (χ4v) is 3.51. The van der Waals surface area contributed by atoms with E-state index in [4.69, 9.17) is 4.74 Å². The van der Waals surface area contributed by atoms with Gasteiger partial charge in [0.25, 0.3) is 5.91 Å². The Kier molecular flexibility index (Phi) is 3.32. The quantitative estimate of drug-likeness (QED) is 0.839. The molecule has 1 saturated carbocycles. The Bertz CT molecular complexity index is 591. The highest BCUT2D eigenvalue weighted by molar-refractivity contribution is 9.10. The van der Waals surface area contributed by atoms with Crippen molar-refractivity contribution in [2.24, 2.45) is 5.41 Å². The van der Waals surface area contributed by atoms with E-state index in [2.05, 4.69) is 21.2 Å². The smallest absolute Gasteiger partial charge is 0.262 e. The second-order valence-corrected chi connectivity index (χ2v) is 6.62. The van der Waals surface area contributed by atoms with Crippen LogP contribution in [0.15, 0.2) is 16.6 Å². The molecular weight excluding hydrogens is 322 g/mol. The van der Waals surface area contributed by atoms with E-state index in [0.29, 0.717) is 21.5 Å². The average molecular weight is 338 g/mol. The molecule has 1 aliphatic heterocycles. The number of ether oxygens (including phenoxy) is 1. The standard InChI is InChI=1S/C15H16BrNO3/c1-15(4-2-3-5-15)14(19)9-6-12-11(7-10(9)16)17-13(18)8-20-12/h6-7H,2-5,8H2,1H3,(H,17,18). The Labute approximate surface area is 126 Å². The molecular formula is C15H16BrNO3. The van der Waals surface area contributed by atoms with Crippen LogP contribution in [-0.4, -0.2) is 18.3 Å². The summed E-state index contributed by atoms with van der Waals surface area (Å²) in [6.45, 7) is 2.04. The highest BCUT2D eigenvalue weighted by Crippen LogP contribution is 2.43. The van der Waals surface area contributed by atoms with Crippen molar-refractivity contribution in [1.29, 1.82) is 0 Å². The molecule has 1 aliphatic carbocycles. The molecule has 0 unspecified atom stereocenters. The summed E-state index contributed by atoms with van der Waals surface area (Å²) >= 11 is 3.44. The van der Waals surface area contributed by atoms with Gasteiger partial charge in [-0.25, -0.2) is 0 Å². The minimum absolute atomic E-state index is 0.000466. The van der Waals surface area contributed by atoms with Gasteiger partial charge >= 0.3 is 0 Å². The minimum Gasteiger partial charge on any atom is -0.482 e. The summed E-state index contributed by atoms with van der Waals surface area (Å²) in [6.07, 6.45) is 4.09. The average Bonchev–Trinajstić information content (AvgIpc) is 2.85. The maximum Gasteiger partial charge on any atom is 0.262 e. The highest BCUT2D eigenvalue weighted by Gasteiger charge is 2.38. The monoisotopic (exact) mass is 337 g/mol. The van der Waals surface area contributed by atoms with Gasteiger partial charge in [0.1, 0.15) is 5.75 Å². The molecule has 1 fully saturated rings. The fraction of sp³-hybridized carbons (Fsp3) is 0.467. The number of rotatable bonds is 2. The van der Waals surface area contributed by atoms with Gasteiger partial charge in [-0.15, -0.1) is 0 Å². The van der Waals surface area contributed by atoms with Crippen LogP contribution < -0.4 is 10.1 Å². The van der Waals surface area contributed by atoms with Gasteiger partial charge < -0.3 is 10.1 Å². The van der Waals surface area contributed by atoms with Crippen LogP contribution in [0, 0.1) is 5.41 Å². The van der Waals surface area contributed by atoms with Crippen molar-refractivity contribution in [2.45, 2.75) is 32.6 Å². The van der Waals surface area contributed by atoms with Gasteiger partial charge in [-0.1, -0.05) is 19.8 Å². The summed E-state index contributed by atoms with van der Waals surface area (Å²) in [5.41, 5.74) is 0.986. The van der Waals surface area contributed by atoms with Crippen LogP contribution in [0.3, 0.4) is 0 Å². The summed E-state index contributed by atoms with van der Waals surface area (Å²) in [4.78, 5) is 24.1. The largest absolute Gasteiger partial charge is 0.482 e. The van der Waals surface area contributed by atoms with E-state index in [0.717, 1.165) is 25.7 Å². The molecule has 1 N–H and O–H groups in total.